The summed E-state index contributed by atoms with van der Waals surface area (Å²) >= 11 is 12.2. The number of pyridine rings is 1. The van der Waals surface area contributed by atoms with Gasteiger partial charge in [0.1, 0.15) is 12.5 Å². The summed E-state index contributed by atoms with van der Waals surface area (Å²) in [5.41, 5.74) is 3.19. The van der Waals surface area contributed by atoms with Crippen LogP contribution in [0.5, 0.6) is 0 Å². The molecule has 0 bridgehead atoms. The van der Waals surface area contributed by atoms with Crippen molar-refractivity contribution in [2.75, 3.05) is 6.54 Å². The van der Waals surface area contributed by atoms with Crippen LogP contribution in [0.3, 0.4) is 0 Å². The molecule has 0 spiro atoms. The van der Waals surface area contributed by atoms with Gasteiger partial charge in [-0.25, -0.2) is 4.98 Å². The zero-order valence-electron chi connectivity index (χ0n) is 14.2. The highest BCUT2D eigenvalue weighted by Gasteiger charge is 2.17. The largest absolute Gasteiger partial charge is 0.470 e. The standard InChI is InChI=1S/C21H16Cl2N2O2/c22-15-3-1-14(2-4-15)19-12-18(17-6-5-16(23)11-20(17)24-19)21(26)13-25-7-9-27-10-8-25/h1-12,21,26H,13H2. The number of benzene rings is 2. The Labute approximate surface area is 166 Å². The fourth-order valence-electron chi connectivity index (χ4n) is 3.01. The van der Waals surface area contributed by atoms with Crippen molar-refractivity contribution in [3.05, 3.63) is 89.1 Å². The molecule has 27 heavy (non-hydrogen) atoms. The van der Waals surface area contributed by atoms with Crippen molar-refractivity contribution in [1.82, 2.24) is 9.88 Å². The van der Waals surface area contributed by atoms with Gasteiger partial charge in [0.2, 0.25) is 0 Å². The van der Waals surface area contributed by atoms with E-state index in [0.29, 0.717) is 16.6 Å². The molecule has 0 amide bonds. The number of fused-ring (bicyclic) bond motifs is 1. The third-order valence-electron chi connectivity index (χ3n) is 4.35. The highest BCUT2D eigenvalue weighted by Crippen LogP contribution is 2.31. The second-order valence-electron chi connectivity index (χ2n) is 6.18. The molecule has 1 aliphatic rings. The van der Waals surface area contributed by atoms with Crippen LogP contribution in [0.4, 0.5) is 0 Å². The molecule has 1 unspecified atom stereocenters. The van der Waals surface area contributed by atoms with Crippen LogP contribution >= 0.6 is 23.2 Å². The molecule has 1 N–H and O–H groups in total. The normalized spacial score (nSPS) is 14.4. The van der Waals surface area contributed by atoms with Crippen molar-refractivity contribution in [3.63, 3.8) is 0 Å². The number of hydrogen-bond acceptors (Lipinski definition) is 4. The van der Waals surface area contributed by atoms with Crippen LogP contribution < -0.4 is 0 Å². The maximum atomic E-state index is 10.9. The lowest BCUT2D eigenvalue weighted by Crippen LogP contribution is -2.20. The molecule has 0 saturated heterocycles. The first-order chi connectivity index (χ1) is 13.1. The van der Waals surface area contributed by atoms with Gasteiger partial charge in [-0.2, -0.15) is 0 Å². The zero-order valence-corrected chi connectivity index (χ0v) is 15.7. The lowest BCUT2D eigenvalue weighted by molar-refractivity contribution is 0.149. The van der Waals surface area contributed by atoms with E-state index in [-0.39, 0.29) is 0 Å². The summed E-state index contributed by atoms with van der Waals surface area (Å²) in [5.74, 6) is 0. The van der Waals surface area contributed by atoms with Crippen LogP contribution in [0.2, 0.25) is 10.0 Å². The van der Waals surface area contributed by atoms with E-state index in [1.807, 2.05) is 41.3 Å². The first kappa shape index (κ1) is 17.9. The summed E-state index contributed by atoms with van der Waals surface area (Å²) in [4.78, 5) is 6.59. The Morgan fingerprint density at radius 3 is 2.41 bits per heavy atom. The number of β-amino-alcohol motifs (C(OH)–C–C–N with tert-alkyl or cyclic N) is 1. The first-order valence-corrected chi connectivity index (χ1v) is 9.14. The Morgan fingerprint density at radius 2 is 1.67 bits per heavy atom. The van der Waals surface area contributed by atoms with Crippen LogP contribution in [0.25, 0.3) is 22.2 Å². The second-order valence-corrected chi connectivity index (χ2v) is 7.06. The van der Waals surface area contributed by atoms with Crippen molar-refractivity contribution >= 4 is 34.1 Å². The van der Waals surface area contributed by atoms with Gasteiger partial charge in [0, 0.05) is 33.4 Å². The van der Waals surface area contributed by atoms with Gasteiger partial charge in [-0.3, -0.25) is 0 Å². The molecular weight excluding hydrogens is 383 g/mol. The van der Waals surface area contributed by atoms with Crippen molar-refractivity contribution in [2.24, 2.45) is 0 Å². The van der Waals surface area contributed by atoms with Gasteiger partial charge in [0.25, 0.3) is 0 Å². The van der Waals surface area contributed by atoms with Crippen LogP contribution in [0.1, 0.15) is 11.7 Å². The molecule has 2 heterocycles. The molecule has 1 aromatic heterocycles. The number of ether oxygens (including phenoxy) is 1. The van der Waals surface area contributed by atoms with Crippen LogP contribution in [0, 0.1) is 0 Å². The Balaban J connectivity index is 1.79. The molecule has 0 aliphatic carbocycles. The Morgan fingerprint density at radius 1 is 0.963 bits per heavy atom. The fraction of sp³-hybridized carbons (Fsp3) is 0.0952. The summed E-state index contributed by atoms with van der Waals surface area (Å²) in [5, 5.41) is 13.1. The van der Waals surface area contributed by atoms with Gasteiger partial charge >= 0.3 is 0 Å². The molecule has 1 atom stereocenters. The summed E-state index contributed by atoms with van der Waals surface area (Å²) in [6.07, 6.45) is 5.94. The summed E-state index contributed by atoms with van der Waals surface area (Å²) in [7, 11) is 0. The highest BCUT2D eigenvalue weighted by molar-refractivity contribution is 6.31. The SMILES string of the molecule is OC(CN1C=COC=C1)c1cc(-c2ccc(Cl)cc2)nc2cc(Cl)ccc12. The smallest absolute Gasteiger partial charge is 0.106 e. The minimum Gasteiger partial charge on any atom is -0.470 e. The molecule has 4 rings (SSSR count). The number of halogens is 2. The van der Waals surface area contributed by atoms with Crippen molar-refractivity contribution in [1.29, 1.82) is 0 Å². The first-order valence-electron chi connectivity index (χ1n) is 8.39. The summed E-state index contributed by atoms with van der Waals surface area (Å²) in [6, 6.07) is 14.9. The van der Waals surface area contributed by atoms with Crippen molar-refractivity contribution in [2.45, 2.75) is 6.10 Å². The molecule has 136 valence electrons. The van der Waals surface area contributed by atoms with E-state index in [0.717, 1.165) is 27.7 Å². The molecule has 0 saturated carbocycles. The Kier molecular flexibility index (Phi) is 5.03. The van der Waals surface area contributed by atoms with Crippen LogP contribution in [-0.4, -0.2) is 21.5 Å². The van der Waals surface area contributed by atoms with E-state index in [2.05, 4.69) is 0 Å². The van der Waals surface area contributed by atoms with Gasteiger partial charge < -0.3 is 14.7 Å². The number of nitrogens with zero attached hydrogens (tertiary/aromatic N) is 2. The second kappa shape index (κ2) is 7.61. The monoisotopic (exact) mass is 398 g/mol. The third-order valence-corrected chi connectivity index (χ3v) is 4.84. The lowest BCUT2D eigenvalue weighted by Gasteiger charge is -2.22. The number of hydrogen-bond donors (Lipinski definition) is 1. The summed E-state index contributed by atoms with van der Waals surface area (Å²) in [6.45, 7) is 0.387. The minimum atomic E-state index is -0.727. The molecule has 0 fully saturated rings. The molecule has 1 aliphatic heterocycles. The number of aliphatic hydroxyl groups is 1. The van der Waals surface area contributed by atoms with Gasteiger partial charge in [0.15, 0.2) is 0 Å². The molecule has 6 heteroatoms. The number of rotatable bonds is 4. The Bertz CT molecular complexity index is 1020. The van der Waals surface area contributed by atoms with E-state index in [4.69, 9.17) is 32.9 Å². The topological polar surface area (TPSA) is 45.6 Å². The van der Waals surface area contributed by atoms with Gasteiger partial charge in [-0.1, -0.05) is 41.4 Å². The molecule has 2 aromatic carbocycles. The molecule has 0 radical (unpaired) electrons. The zero-order chi connectivity index (χ0) is 18.8. The molecule has 4 nitrogen and oxygen atoms in total. The van der Waals surface area contributed by atoms with Crippen LogP contribution in [-0.2, 0) is 4.74 Å². The third kappa shape index (κ3) is 3.93. The van der Waals surface area contributed by atoms with Crippen molar-refractivity contribution < 1.29 is 9.84 Å². The summed E-state index contributed by atoms with van der Waals surface area (Å²) < 4.78 is 5.04. The maximum absolute atomic E-state index is 10.9. The van der Waals surface area contributed by atoms with Crippen LogP contribution in [0.15, 0.2) is 73.5 Å². The average Bonchev–Trinajstić information content (AvgIpc) is 2.68. The minimum absolute atomic E-state index is 0.387. The average molecular weight is 399 g/mol. The van der Waals surface area contributed by atoms with Crippen molar-refractivity contribution in [3.8, 4) is 11.3 Å². The van der Waals surface area contributed by atoms with Gasteiger partial charge in [0.05, 0.1) is 23.9 Å². The van der Waals surface area contributed by atoms with E-state index in [1.165, 1.54) is 0 Å². The Hall–Kier alpha value is -2.53. The van der Waals surface area contributed by atoms with E-state index >= 15 is 0 Å². The maximum Gasteiger partial charge on any atom is 0.106 e. The quantitative estimate of drug-likeness (QED) is 0.628. The van der Waals surface area contributed by atoms with Gasteiger partial charge in [-0.05, 0) is 35.9 Å². The highest BCUT2D eigenvalue weighted by atomic mass is 35.5. The van der Waals surface area contributed by atoms with Gasteiger partial charge in [-0.15, -0.1) is 0 Å². The number of aromatic nitrogens is 1. The fourth-order valence-corrected chi connectivity index (χ4v) is 3.31. The molecular formula is C21H16Cl2N2O2. The molecule has 3 aromatic rings. The predicted molar refractivity (Wildman–Crippen MR) is 108 cm³/mol. The van der Waals surface area contributed by atoms with E-state index < -0.39 is 6.10 Å². The van der Waals surface area contributed by atoms with E-state index in [9.17, 15) is 5.11 Å². The lowest BCUT2D eigenvalue weighted by atomic mass is 10.00. The number of aliphatic hydroxyl groups excluding tert-OH is 1. The predicted octanol–water partition coefficient (Wildman–Crippen LogP) is 5.52. The van der Waals surface area contributed by atoms with E-state index in [1.54, 1.807) is 37.1 Å².